The van der Waals surface area contributed by atoms with Gasteiger partial charge in [-0.05, 0) is 52.5 Å². The molecule has 2 nitrogen and oxygen atoms in total. The molecule has 0 spiro atoms. The zero-order valence-corrected chi connectivity index (χ0v) is 11.5. The van der Waals surface area contributed by atoms with E-state index in [1.807, 2.05) is 6.07 Å². The number of hydrogen-bond acceptors (Lipinski definition) is 2. The van der Waals surface area contributed by atoms with Crippen LogP contribution in [0, 0.1) is 11.7 Å². The van der Waals surface area contributed by atoms with E-state index in [2.05, 4.69) is 27.8 Å². The first-order chi connectivity index (χ1) is 8.06. The maximum atomic E-state index is 13.4. The fraction of sp³-hybridized carbons (Fsp3) is 0.538. The summed E-state index contributed by atoms with van der Waals surface area (Å²) in [4.78, 5) is 2.17. The van der Waals surface area contributed by atoms with Crippen LogP contribution < -0.4 is 0 Å². The summed E-state index contributed by atoms with van der Waals surface area (Å²) in [6.45, 7) is 4.42. The van der Waals surface area contributed by atoms with Crippen molar-refractivity contribution in [3.05, 3.63) is 34.1 Å². The number of aliphatic hydroxyl groups excluding tert-OH is 1. The Hall–Kier alpha value is -0.450. The van der Waals surface area contributed by atoms with Gasteiger partial charge >= 0.3 is 0 Å². The van der Waals surface area contributed by atoms with Gasteiger partial charge in [0.15, 0.2) is 0 Å². The van der Waals surface area contributed by atoms with Crippen molar-refractivity contribution < 1.29 is 9.50 Å². The summed E-state index contributed by atoms with van der Waals surface area (Å²) in [7, 11) is 0. The highest BCUT2D eigenvalue weighted by molar-refractivity contribution is 9.10. The summed E-state index contributed by atoms with van der Waals surface area (Å²) >= 11 is 3.14. The second kappa shape index (κ2) is 5.46. The van der Waals surface area contributed by atoms with Gasteiger partial charge in [0.1, 0.15) is 5.82 Å². The second-order valence-corrected chi connectivity index (χ2v) is 5.67. The van der Waals surface area contributed by atoms with E-state index in [4.69, 9.17) is 0 Å². The fourth-order valence-corrected chi connectivity index (χ4v) is 2.40. The number of aliphatic hydroxyl groups is 1. The Morgan fingerprint density at radius 3 is 2.94 bits per heavy atom. The van der Waals surface area contributed by atoms with Crippen LogP contribution in [0.3, 0.4) is 0 Å². The van der Waals surface area contributed by atoms with E-state index < -0.39 is 0 Å². The van der Waals surface area contributed by atoms with Crippen molar-refractivity contribution in [1.82, 2.24) is 4.90 Å². The molecule has 1 fully saturated rings. The highest BCUT2D eigenvalue weighted by Crippen LogP contribution is 2.21. The molecule has 0 radical (unpaired) electrons. The Labute approximate surface area is 110 Å². The first-order valence-electron chi connectivity index (χ1n) is 5.90. The molecule has 0 amide bonds. The number of benzene rings is 1. The van der Waals surface area contributed by atoms with Crippen molar-refractivity contribution in [3.8, 4) is 0 Å². The largest absolute Gasteiger partial charge is 0.392 e. The lowest BCUT2D eigenvalue weighted by Gasteiger charge is -2.34. The summed E-state index contributed by atoms with van der Waals surface area (Å²) in [6, 6.07) is 5.19. The van der Waals surface area contributed by atoms with Crippen molar-refractivity contribution in [3.63, 3.8) is 0 Å². The third-order valence-electron chi connectivity index (χ3n) is 3.39. The van der Waals surface area contributed by atoms with Crippen LogP contribution in [0.25, 0.3) is 0 Å². The van der Waals surface area contributed by atoms with E-state index in [0.717, 1.165) is 18.5 Å². The number of halogens is 2. The molecule has 0 aliphatic carbocycles. The van der Waals surface area contributed by atoms with Crippen LogP contribution in [0.2, 0.25) is 0 Å². The average Bonchev–Trinajstić information content (AvgIpc) is 2.29. The number of β-amino-alcohol motifs (C(OH)–C–C–N with tert-alkyl or cyclic N) is 1. The van der Waals surface area contributed by atoms with Crippen molar-refractivity contribution in [2.45, 2.75) is 26.0 Å². The number of hydrogen-bond donors (Lipinski definition) is 1. The molecule has 2 unspecified atom stereocenters. The molecule has 0 aromatic heterocycles. The van der Waals surface area contributed by atoms with Gasteiger partial charge in [0, 0.05) is 13.1 Å². The van der Waals surface area contributed by atoms with E-state index in [9.17, 15) is 9.50 Å². The van der Waals surface area contributed by atoms with Crippen LogP contribution in [-0.4, -0.2) is 29.2 Å². The van der Waals surface area contributed by atoms with Crippen LogP contribution in [0.15, 0.2) is 22.7 Å². The van der Waals surface area contributed by atoms with Gasteiger partial charge in [0.25, 0.3) is 0 Å². The first kappa shape index (κ1) is 13.0. The van der Waals surface area contributed by atoms with Gasteiger partial charge in [0.05, 0.1) is 10.6 Å². The van der Waals surface area contributed by atoms with E-state index in [1.54, 1.807) is 12.1 Å². The zero-order chi connectivity index (χ0) is 12.4. The van der Waals surface area contributed by atoms with Crippen LogP contribution in [0.4, 0.5) is 4.39 Å². The van der Waals surface area contributed by atoms with Gasteiger partial charge in [0.2, 0.25) is 0 Å². The predicted molar refractivity (Wildman–Crippen MR) is 69.2 cm³/mol. The Balaban J connectivity index is 1.99. The first-order valence-corrected chi connectivity index (χ1v) is 6.70. The zero-order valence-electron chi connectivity index (χ0n) is 9.87. The summed E-state index contributed by atoms with van der Waals surface area (Å²) in [5.41, 5.74) is 0.951. The molecular weight excluding hydrogens is 285 g/mol. The molecular formula is C13H17BrFNO. The molecule has 1 N–H and O–H groups in total. The monoisotopic (exact) mass is 301 g/mol. The highest BCUT2D eigenvalue weighted by atomic mass is 79.9. The molecule has 1 aromatic rings. The molecule has 1 aliphatic heterocycles. The second-order valence-electron chi connectivity index (χ2n) is 4.82. The molecule has 94 valence electrons. The maximum Gasteiger partial charge on any atom is 0.137 e. The smallest absolute Gasteiger partial charge is 0.137 e. The number of nitrogens with zero attached hydrogens (tertiary/aromatic N) is 1. The maximum absolute atomic E-state index is 13.4. The summed E-state index contributed by atoms with van der Waals surface area (Å²) < 4.78 is 13.9. The van der Waals surface area contributed by atoms with Crippen molar-refractivity contribution >= 4 is 15.9 Å². The molecule has 1 heterocycles. The Morgan fingerprint density at radius 2 is 2.29 bits per heavy atom. The molecule has 2 rings (SSSR count). The molecule has 2 atom stereocenters. The van der Waals surface area contributed by atoms with Gasteiger partial charge in [-0.3, -0.25) is 4.90 Å². The van der Waals surface area contributed by atoms with Crippen LogP contribution in [0.5, 0.6) is 0 Å². The lowest BCUT2D eigenvalue weighted by atomic mass is 9.96. The van der Waals surface area contributed by atoms with E-state index in [-0.39, 0.29) is 11.9 Å². The van der Waals surface area contributed by atoms with Crippen LogP contribution >= 0.6 is 15.9 Å². The number of rotatable bonds is 2. The number of likely N-dealkylation sites (tertiary alicyclic amines) is 1. The standard InChI is InChI=1S/C13H17BrFNO/c1-9-4-5-16(8-13(9)17)7-10-2-3-11(14)12(15)6-10/h2-3,6,9,13,17H,4-5,7-8H2,1H3. The Kier molecular flexibility index (Phi) is 4.17. The van der Waals surface area contributed by atoms with Crippen LogP contribution in [-0.2, 0) is 6.54 Å². The normalized spacial score (nSPS) is 26.1. The third-order valence-corrected chi connectivity index (χ3v) is 4.04. The molecule has 4 heteroatoms. The minimum absolute atomic E-state index is 0.228. The molecule has 1 aliphatic rings. The fourth-order valence-electron chi connectivity index (χ4n) is 2.15. The molecule has 1 saturated heterocycles. The van der Waals surface area contributed by atoms with Gasteiger partial charge in [-0.1, -0.05) is 13.0 Å². The predicted octanol–water partition coefficient (Wildman–Crippen LogP) is 2.79. The van der Waals surface area contributed by atoms with Gasteiger partial charge in [-0.2, -0.15) is 0 Å². The van der Waals surface area contributed by atoms with Crippen molar-refractivity contribution in [2.75, 3.05) is 13.1 Å². The molecule has 0 saturated carbocycles. The number of piperidine rings is 1. The van der Waals surface area contributed by atoms with E-state index >= 15 is 0 Å². The lowest BCUT2D eigenvalue weighted by molar-refractivity contribution is 0.0259. The van der Waals surface area contributed by atoms with E-state index in [0.29, 0.717) is 23.5 Å². The summed E-state index contributed by atoms with van der Waals surface area (Å²) in [5, 5.41) is 9.80. The Morgan fingerprint density at radius 1 is 1.53 bits per heavy atom. The quantitative estimate of drug-likeness (QED) is 0.908. The topological polar surface area (TPSA) is 23.5 Å². The van der Waals surface area contributed by atoms with Gasteiger partial charge < -0.3 is 5.11 Å². The summed E-state index contributed by atoms with van der Waals surface area (Å²) in [6.07, 6.45) is 0.740. The van der Waals surface area contributed by atoms with Gasteiger partial charge in [-0.25, -0.2) is 4.39 Å². The third kappa shape index (κ3) is 3.27. The van der Waals surface area contributed by atoms with Crippen molar-refractivity contribution in [1.29, 1.82) is 0 Å². The summed E-state index contributed by atoms with van der Waals surface area (Å²) in [5.74, 6) is 0.140. The molecule has 0 bridgehead atoms. The minimum atomic E-state index is -0.260. The lowest BCUT2D eigenvalue weighted by Crippen LogP contribution is -2.42. The van der Waals surface area contributed by atoms with Crippen LogP contribution in [0.1, 0.15) is 18.9 Å². The minimum Gasteiger partial charge on any atom is -0.392 e. The average molecular weight is 302 g/mol. The highest BCUT2D eigenvalue weighted by Gasteiger charge is 2.24. The SMILES string of the molecule is CC1CCN(Cc2ccc(Br)c(F)c2)CC1O. The van der Waals surface area contributed by atoms with Crippen molar-refractivity contribution in [2.24, 2.45) is 5.92 Å². The molecule has 1 aromatic carbocycles. The van der Waals surface area contributed by atoms with E-state index in [1.165, 1.54) is 0 Å². The molecule has 17 heavy (non-hydrogen) atoms. The Bertz CT molecular complexity index is 399. The van der Waals surface area contributed by atoms with Gasteiger partial charge in [-0.15, -0.1) is 0 Å².